The van der Waals surface area contributed by atoms with E-state index in [1.807, 2.05) is 13.1 Å². The fourth-order valence-corrected chi connectivity index (χ4v) is 3.14. The molecule has 0 radical (unpaired) electrons. The summed E-state index contributed by atoms with van der Waals surface area (Å²) >= 11 is 1.62. The van der Waals surface area contributed by atoms with Crippen molar-refractivity contribution in [1.29, 1.82) is 0 Å². The van der Waals surface area contributed by atoms with E-state index in [0.29, 0.717) is 0 Å². The lowest BCUT2D eigenvalue weighted by molar-refractivity contribution is 0.958. The molecule has 0 amide bonds. The van der Waals surface area contributed by atoms with Gasteiger partial charge < -0.3 is 10.3 Å². The largest absolute Gasteiger partial charge is 0.390 e. The maximum Gasteiger partial charge on any atom is 0.144 e. The maximum absolute atomic E-state index is 6.11. The van der Waals surface area contributed by atoms with E-state index in [1.165, 1.54) is 10.4 Å². The van der Waals surface area contributed by atoms with Crippen LogP contribution >= 0.6 is 11.3 Å². The van der Waals surface area contributed by atoms with Gasteiger partial charge in [-0.25, -0.2) is 4.98 Å². The summed E-state index contributed by atoms with van der Waals surface area (Å²) in [5.74, 6) is 0.914. The molecule has 0 aliphatic rings. The van der Waals surface area contributed by atoms with Crippen molar-refractivity contribution in [3.63, 3.8) is 0 Å². The van der Waals surface area contributed by atoms with Crippen LogP contribution in [0.2, 0.25) is 0 Å². The van der Waals surface area contributed by atoms with Gasteiger partial charge in [-0.15, -0.1) is 11.3 Å². The summed E-state index contributed by atoms with van der Waals surface area (Å²) in [6.07, 6.45) is 3.56. The first-order valence-corrected chi connectivity index (χ1v) is 6.53. The van der Waals surface area contributed by atoms with Crippen molar-refractivity contribution in [3.05, 3.63) is 28.9 Å². The number of thiophene rings is 1. The quantitative estimate of drug-likeness (QED) is 0.730. The van der Waals surface area contributed by atoms with E-state index in [0.717, 1.165) is 27.4 Å². The highest BCUT2D eigenvalue weighted by molar-refractivity contribution is 7.16. The van der Waals surface area contributed by atoms with Crippen LogP contribution in [0.25, 0.3) is 22.4 Å². The average molecular weight is 258 g/mol. The summed E-state index contributed by atoms with van der Waals surface area (Å²) in [4.78, 5) is 9.99. The summed E-state index contributed by atoms with van der Waals surface area (Å²) < 4.78 is 2.07. The van der Waals surface area contributed by atoms with Gasteiger partial charge in [-0.3, -0.25) is 4.98 Å². The van der Waals surface area contributed by atoms with E-state index in [4.69, 9.17) is 5.73 Å². The van der Waals surface area contributed by atoms with Gasteiger partial charge in [0.15, 0.2) is 0 Å². The Bertz CT molecular complexity index is 739. The minimum atomic E-state index is 0.830. The Morgan fingerprint density at radius 2 is 2.11 bits per heavy atom. The fourth-order valence-electron chi connectivity index (χ4n) is 2.21. The highest BCUT2D eigenvalue weighted by Gasteiger charge is 2.18. The SMILES string of the molecule is Cc1sc(N)c(-c2nc3cnccc3n2C)c1C. The molecular formula is C13H14N4S. The molecule has 0 aromatic carbocycles. The maximum atomic E-state index is 6.11. The molecule has 5 heteroatoms. The number of fused-ring (bicyclic) bond motifs is 1. The van der Waals surface area contributed by atoms with Crippen molar-refractivity contribution in [2.24, 2.45) is 7.05 Å². The highest BCUT2D eigenvalue weighted by Crippen LogP contribution is 2.38. The van der Waals surface area contributed by atoms with Crippen molar-refractivity contribution in [1.82, 2.24) is 14.5 Å². The molecule has 3 rings (SSSR count). The molecule has 0 aliphatic carbocycles. The standard InChI is InChI=1S/C13H14N4S/c1-7-8(2)18-12(14)11(7)13-16-9-6-15-5-4-10(9)17(13)3/h4-6H,14H2,1-3H3. The molecule has 0 aliphatic heterocycles. The predicted octanol–water partition coefficient (Wildman–Crippen LogP) is 2.90. The van der Waals surface area contributed by atoms with Gasteiger partial charge >= 0.3 is 0 Å². The number of aryl methyl sites for hydroxylation is 2. The fraction of sp³-hybridized carbons (Fsp3) is 0.231. The third kappa shape index (κ3) is 1.44. The zero-order chi connectivity index (χ0) is 12.9. The van der Waals surface area contributed by atoms with Crippen molar-refractivity contribution in [3.8, 4) is 11.4 Å². The van der Waals surface area contributed by atoms with Gasteiger partial charge in [0.05, 0.1) is 22.3 Å². The normalized spacial score (nSPS) is 11.3. The lowest BCUT2D eigenvalue weighted by Gasteiger charge is -2.03. The lowest BCUT2D eigenvalue weighted by atomic mass is 10.1. The van der Waals surface area contributed by atoms with Crippen LogP contribution in [0.4, 0.5) is 5.00 Å². The molecule has 92 valence electrons. The van der Waals surface area contributed by atoms with E-state index >= 15 is 0 Å². The van der Waals surface area contributed by atoms with Gasteiger partial charge in [0.25, 0.3) is 0 Å². The minimum absolute atomic E-state index is 0.830. The Kier molecular flexibility index (Phi) is 2.38. The van der Waals surface area contributed by atoms with Gasteiger partial charge in [0.2, 0.25) is 0 Å². The summed E-state index contributed by atoms with van der Waals surface area (Å²) in [5, 5.41) is 0.830. The number of rotatable bonds is 1. The second-order valence-electron chi connectivity index (χ2n) is 4.38. The summed E-state index contributed by atoms with van der Waals surface area (Å²) in [6, 6.07) is 1.97. The molecule has 4 nitrogen and oxygen atoms in total. The number of nitrogen functional groups attached to an aromatic ring is 1. The van der Waals surface area contributed by atoms with Crippen LogP contribution in [-0.4, -0.2) is 14.5 Å². The van der Waals surface area contributed by atoms with Crippen LogP contribution < -0.4 is 5.73 Å². The molecule has 0 saturated heterocycles. The zero-order valence-electron chi connectivity index (χ0n) is 10.6. The van der Waals surface area contributed by atoms with Crippen LogP contribution in [0.3, 0.4) is 0 Å². The molecule has 3 aromatic rings. The predicted molar refractivity (Wildman–Crippen MR) is 75.7 cm³/mol. The minimum Gasteiger partial charge on any atom is -0.390 e. The third-order valence-corrected chi connectivity index (χ3v) is 4.36. The molecule has 0 atom stereocenters. The van der Waals surface area contributed by atoms with Gasteiger partial charge in [-0.05, 0) is 25.5 Å². The first-order chi connectivity index (χ1) is 8.59. The number of hydrogen-bond donors (Lipinski definition) is 1. The van der Waals surface area contributed by atoms with Gasteiger partial charge in [-0.2, -0.15) is 0 Å². The number of anilines is 1. The van der Waals surface area contributed by atoms with Crippen LogP contribution in [0.5, 0.6) is 0 Å². The molecule has 3 aromatic heterocycles. The van der Waals surface area contributed by atoms with Crippen LogP contribution in [0.1, 0.15) is 10.4 Å². The number of aromatic nitrogens is 3. The van der Waals surface area contributed by atoms with E-state index in [1.54, 1.807) is 23.7 Å². The van der Waals surface area contributed by atoms with E-state index in [2.05, 4.69) is 28.4 Å². The van der Waals surface area contributed by atoms with Crippen molar-refractivity contribution in [2.75, 3.05) is 5.73 Å². The molecule has 0 saturated carbocycles. The number of nitrogens with zero attached hydrogens (tertiary/aromatic N) is 3. The van der Waals surface area contributed by atoms with Crippen molar-refractivity contribution < 1.29 is 0 Å². The second kappa shape index (κ2) is 3.81. The smallest absolute Gasteiger partial charge is 0.144 e. The highest BCUT2D eigenvalue weighted by atomic mass is 32.1. The third-order valence-electron chi connectivity index (χ3n) is 3.32. The molecule has 18 heavy (non-hydrogen) atoms. The summed E-state index contributed by atoms with van der Waals surface area (Å²) in [7, 11) is 2.01. The van der Waals surface area contributed by atoms with Gasteiger partial charge in [0, 0.05) is 18.1 Å². The average Bonchev–Trinajstić information content (AvgIpc) is 2.79. The molecule has 0 fully saturated rings. The Balaban J connectivity index is 2.35. The van der Waals surface area contributed by atoms with Crippen molar-refractivity contribution >= 4 is 27.4 Å². The Morgan fingerprint density at radius 1 is 1.33 bits per heavy atom. The van der Waals surface area contributed by atoms with Crippen molar-refractivity contribution in [2.45, 2.75) is 13.8 Å². The monoisotopic (exact) mass is 258 g/mol. The van der Waals surface area contributed by atoms with Gasteiger partial charge in [-0.1, -0.05) is 0 Å². The van der Waals surface area contributed by atoms with E-state index in [9.17, 15) is 0 Å². The number of imidazole rings is 1. The molecule has 0 bridgehead atoms. The molecular weight excluding hydrogens is 244 g/mol. The van der Waals surface area contributed by atoms with Gasteiger partial charge in [0.1, 0.15) is 11.3 Å². The molecule has 3 heterocycles. The number of hydrogen-bond acceptors (Lipinski definition) is 4. The van der Waals surface area contributed by atoms with Crippen LogP contribution in [0, 0.1) is 13.8 Å². The summed E-state index contributed by atoms with van der Waals surface area (Å²) in [5.41, 5.74) is 10.4. The summed E-state index contributed by atoms with van der Waals surface area (Å²) in [6.45, 7) is 4.18. The topological polar surface area (TPSA) is 56.7 Å². The molecule has 0 spiro atoms. The first-order valence-electron chi connectivity index (χ1n) is 5.72. The Labute approximate surface area is 109 Å². The van der Waals surface area contributed by atoms with Crippen LogP contribution in [0.15, 0.2) is 18.5 Å². The Hall–Kier alpha value is -1.88. The lowest BCUT2D eigenvalue weighted by Crippen LogP contribution is -1.95. The number of pyridine rings is 1. The number of nitrogens with two attached hydrogens (primary N) is 1. The van der Waals surface area contributed by atoms with E-state index in [-0.39, 0.29) is 0 Å². The van der Waals surface area contributed by atoms with Crippen LogP contribution in [-0.2, 0) is 7.05 Å². The Morgan fingerprint density at radius 3 is 2.72 bits per heavy atom. The molecule has 2 N–H and O–H groups in total. The molecule has 0 unspecified atom stereocenters. The zero-order valence-corrected chi connectivity index (χ0v) is 11.4. The van der Waals surface area contributed by atoms with E-state index < -0.39 is 0 Å². The first kappa shape index (κ1) is 11.2. The second-order valence-corrected chi connectivity index (χ2v) is 5.64.